The van der Waals surface area contributed by atoms with Crippen LogP contribution < -0.4 is 9.62 Å². The molecule has 0 amide bonds. The maximum absolute atomic E-state index is 11.7. The van der Waals surface area contributed by atoms with Crippen LogP contribution in [0.15, 0.2) is 24.3 Å². The summed E-state index contributed by atoms with van der Waals surface area (Å²) in [5.74, 6) is -0.661. The molecule has 0 aromatic heterocycles. The summed E-state index contributed by atoms with van der Waals surface area (Å²) in [4.78, 5) is 16.3. The van der Waals surface area contributed by atoms with Gasteiger partial charge in [-0.05, 0) is 17.7 Å². The monoisotopic (exact) mass is 304 g/mol. The summed E-state index contributed by atoms with van der Waals surface area (Å²) in [6, 6.07) is 6.92. The second-order valence-electron chi connectivity index (χ2n) is 3.88. The number of nitrogens with one attached hydrogen (secondary N) is 1. The average molecular weight is 304 g/mol. The maximum atomic E-state index is 11.7. The lowest BCUT2D eigenvalue weighted by Gasteiger charge is -2.17. The van der Waals surface area contributed by atoms with Crippen molar-refractivity contribution in [3.8, 4) is 5.75 Å². The van der Waals surface area contributed by atoms with E-state index in [4.69, 9.17) is 9.84 Å². The van der Waals surface area contributed by atoms with Gasteiger partial charge in [-0.25, -0.2) is 4.79 Å². The molecule has 0 aliphatic rings. The minimum atomic E-state index is -3.92. The van der Waals surface area contributed by atoms with Crippen LogP contribution in [-0.2, 0) is 26.4 Å². The minimum absolute atomic E-state index is 0.0863. The molecule has 1 aromatic carbocycles. The van der Waals surface area contributed by atoms with Crippen molar-refractivity contribution in [2.24, 2.45) is 0 Å². The fraction of sp³-hybridized carbons (Fsp3) is 0.364. The SMILES string of the molecule is COc1cccc(CN(C)S(=O)(=O)NOCC(=O)O)c1. The normalized spacial score (nSPS) is 11.6. The van der Waals surface area contributed by atoms with Gasteiger partial charge < -0.3 is 9.84 Å². The lowest BCUT2D eigenvalue weighted by atomic mass is 10.2. The predicted octanol–water partition coefficient (Wildman–Crippen LogP) is -0.0224. The van der Waals surface area contributed by atoms with Crippen LogP contribution in [-0.4, -0.2) is 44.6 Å². The van der Waals surface area contributed by atoms with Crippen molar-refractivity contribution >= 4 is 16.2 Å². The number of hydrogen-bond acceptors (Lipinski definition) is 5. The van der Waals surface area contributed by atoms with Crippen molar-refractivity contribution in [2.75, 3.05) is 20.8 Å². The van der Waals surface area contributed by atoms with Crippen molar-refractivity contribution in [1.82, 2.24) is 9.19 Å². The van der Waals surface area contributed by atoms with Crippen molar-refractivity contribution in [2.45, 2.75) is 6.54 Å². The molecular weight excluding hydrogens is 288 g/mol. The van der Waals surface area contributed by atoms with Crippen molar-refractivity contribution in [1.29, 1.82) is 0 Å². The van der Waals surface area contributed by atoms with Gasteiger partial charge in [0, 0.05) is 13.6 Å². The van der Waals surface area contributed by atoms with Crippen LogP contribution in [0.1, 0.15) is 5.56 Å². The number of carbonyl (C=O) groups is 1. The van der Waals surface area contributed by atoms with E-state index < -0.39 is 22.8 Å². The Morgan fingerprint density at radius 1 is 1.45 bits per heavy atom. The molecule has 2 N–H and O–H groups in total. The highest BCUT2D eigenvalue weighted by atomic mass is 32.2. The van der Waals surface area contributed by atoms with Crippen LogP contribution in [0.25, 0.3) is 0 Å². The molecule has 8 nitrogen and oxygen atoms in total. The first-order valence-corrected chi connectivity index (χ1v) is 6.98. The molecule has 112 valence electrons. The first-order chi connectivity index (χ1) is 9.35. The van der Waals surface area contributed by atoms with Gasteiger partial charge in [0.15, 0.2) is 6.61 Å². The Hall–Kier alpha value is -1.68. The predicted molar refractivity (Wildman–Crippen MR) is 70.1 cm³/mol. The van der Waals surface area contributed by atoms with Gasteiger partial charge >= 0.3 is 16.2 Å². The Balaban J connectivity index is 2.64. The highest BCUT2D eigenvalue weighted by Crippen LogP contribution is 2.14. The molecule has 0 saturated heterocycles. The summed E-state index contributed by atoms with van der Waals surface area (Å²) < 4.78 is 29.5. The quantitative estimate of drug-likeness (QED) is 0.654. The fourth-order valence-electron chi connectivity index (χ4n) is 1.34. The third-order valence-corrected chi connectivity index (χ3v) is 3.59. The first-order valence-electron chi connectivity index (χ1n) is 5.54. The number of carboxylic acid groups (broad SMARTS) is 1. The van der Waals surface area contributed by atoms with Gasteiger partial charge in [-0.1, -0.05) is 17.0 Å². The van der Waals surface area contributed by atoms with E-state index in [1.807, 2.05) is 0 Å². The van der Waals surface area contributed by atoms with E-state index in [9.17, 15) is 13.2 Å². The maximum Gasteiger partial charge on any atom is 0.331 e. The molecular formula is C11H16N2O6S. The Bertz CT molecular complexity index is 560. The van der Waals surface area contributed by atoms with E-state index >= 15 is 0 Å². The van der Waals surface area contributed by atoms with Crippen molar-refractivity contribution < 1.29 is 27.9 Å². The van der Waals surface area contributed by atoms with Gasteiger partial charge in [0.1, 0.15) is 5.75 Å². The summed E-state index contributed by atoms with van der Waals surface area (Å²) in [5, 5.41) is 8.35. The molecule has 0 fully saturated rings. The first kappa shape index (κ1) is 16.4. The molecule has 0 radical (unpaired) electrons. The number of rotatable bonds is 8. The van der Waals surface area contributed by atoms with Crippen LogP contribution >= 0.6 is 0 Å². The molecule has 0 bridgehead atoms. The van der Waals surface area contributed by atoms with Crippen LogP contribution in [0, 0.1) is 0 Å². The summed E-state index contributed by atoms with van der Waals surface area (Å²) in [6.45, 7) is -0.671. The molecule has 1 rings (SSSR count). The van der Waals surface area contributed by atoms with Crippen LogP contribution in [0.3, 0.4) is 0 Å². The number of nitrogens with zero attached hydrogens (tertiary/aromatic N) is 1. The van der Waals surface area contributed by atoms with Crippen molar-refractivity contribution in [3.63, 3.8) is 0 Å². The number of carboxylic acids is 1. The summed E-state index contributed by atoms with van der Waals surface area (Å²) in [5.41, 5.74) is 0.718. The highest BCUT2D eigenvalue weighted by Gasteiger charge is 2.18. The zero-order valence-electron chi connectivity index (χ0n) is 11.1. The molecule has 0 atom stereocenters. The Kier molecular flexibility index (Phi) is 5.89. The van der Waals surface area contributed by atoms with Gasteiger partial charge in [-0.15, -0.1) is 0 Å². The molecule has 0 saturated carbocycles. The molecule has 20 heavy (non-hydrogen) atoms. The molecule has 1 aromatic rings. The van der Waals surface area contributed by atoms with Crippen LogP contribution in [0.2, 0.25) is 0 Å². The van der Waals surface area contributed by atoms with E-state index in [0.29, 0.717) is 5.75 Å². The summed E-state index contributed by atoms with van der Waals surface area (Å²) in [6.07, 6.45) is 0. The van der Waals surface area contributed by atoms with Gasteiger partial charge in [-0.3, -0.25) is 4.84 Å². The van der Waals surface area contributed by atoms with E-state index in [-0.39, 0.29) is 6.54 Å². The van der Waals surface area contributed by atoms with Crippen LogP contribution in [0.5, 0.6) is 5.75 Å². The Labute approximate surface area is 117 Å². The topological polar surface area (TPSA) is 105 Å². The fourth-order valence-corrected chi connectivity index (χ4v) is 2.00. The number of benzene rings is 1. The lowest BCUT2D eigenvalue weighted by Crippen LogP contribution is -2.38. The zero-order valence-corrected chi connectivity index (χ0v) is 11.9. The third kappa shape index (κ3) is 5.13. The van der Waals surface area contributed by atoms with E-state index in [1.165, 1.54) is 14.2 Å². The minimum Gasteiger partial charge on any atom is -0.497 e. The summed E-state index contributed by atoms with van der Waals surface area (Å²) in [7, 11) is -1.06. The van der Waals surface area contributed by atoms with Crippen molar-refractivity contribution in [3.05, 3.63) is 29.8 Å². The third-order valence-electron chi connectivity index (χ3n) is 2.31. The number of hydrogen-bond donors (Lipinski definition) is 2. The molecule has 0 unspecified atom stereocenters. The number of aliphatic carboxylic acids is 1. The highest BCUT2D eigenvalue weighted by molar-refractivity contribution is 7.86. The second kappa shape index (κ2) is 7.20. The standard InChI is InChI=1S/C11H16N2O6S/c1-13(20(16,17)12-19-8-11(14)15)7-9-4-3-5-10(6-9)18-2/h3-6,12H,7-8H2,1-2H3,(H,14,15). The van der Waals surface area contributed by atoms with E-state index in [0.717, 1.165) is 9.87 Å². The molecule has 0 heterocycles. The average Bonchev–Trinajstić information content (AvgIpc) is 2.38. The van der Waals surface area contributed by atoms with E-state index in [2.05, 4.69) is 4.84 Å². The van der Waals surface area contributed by atoms with Crippen LogP contribution in [0.4, 0.5) is 0 Å². The zero-order chi connectivity index (χ0) is 15.2. The van der Waals surface area contributed by atoms with E-state index in [1.54, 1.807) is 29.2 Å². The van der Waals surface area contributed by atoms with Gasteiger partial charge in [0.25, 0.3) is 0 Å². The Morgan fingerprint density at radius 2 is 2.15 bits per heavy atom. The Morgan fingerprint density at radius 3 is 2.75 bits per heavy atom. The van der Waals surface area contributed by atoms with Gasteiger partial charge in [0.05, 0.1) is 7.11 Å². The van der Waals surface area contributed by atoms with Gasteiger partial charge in [-0.2, -0.15) is 12.7 Å². The molecule has 0 aliphatic heterocycles. The largest absolute Gasteiger partial charge is 0.497 e. The van der Waals surface area contributed by atoms with Gasteiger partial charge in [0.2, 0.25) is 0 Å². The molecule has 9 heteroatoms. The lowest BCUT2D eigenvalue weighted by molar-refractivity contribution is -0.143. The smallest absolute Gasteiger partial charge is 0.331 e. The number of methoxy groups -OCH3 is 1. The molecule has 0 aliphatic carbocycles. The summed E-state index contributed by atoms with van der Waals surface area (Å²) >= 11 is 0. The molecule has 0 spiro atoms. The second-order valence-corrected chi connectivity index (χ2v) is 5.62. The number of ether oxygens (including phenoxy) is 1.